The Morgan fingerprint density at radius 3 is 2.19 bits per heavy atom. The van der Waals surface area contributed by atoms with Crippen LogP contribution in [0.1, 0.15) is 27.0 Å². The summed E-state index contributed by atoms with van der Waals surface area (Å²) in [6.45, 7) is 1.70. The van der Waals surface area contributed by atoms with Gasteiger partial charge in [0.2, 0.25) is 0 Å². The van der Waals surface area contributed by atoms with Crippen LogP contribution in [0.3, 0.4) is 0 Å². The van der Waals surface area contributed by atoms with Crippen LogP contribution in [0.2, 0.25) is 0 Å². The molecule has 2 heterocycles. The van der Waals surface area contributed by atoms with E-state index in [1.807, 2.05) is 5.32 Å². The second kappa shape index (κ2) is 8.10. The number of aryl methyl sites for hydroxylation is 1. The summed E-state index contributed by atoms with van der Waals surface area (Å²) in [5, 5.41) is 3.24. The van der Waals surface area contributed by atoms with Crippen molar-refractivity contribution in [1.29, 1.82) is 0 Å². The predicted octanol–water partition coefficient (Wildman–Crippen LogP) is 2.99. The fraction of sp³-hybridized carbons (Fsp3) is 0.182. The lowest BCUT2D eigenvalue weighted by Crippen LogP contribution is -2.62. The highest BCUT2D eigenvalue weighted by Gasteiger charge is 2.68. The summed E-state index contributed by atoms with van der Waals surface area (Å²) in [6.07, 6.45) is -10.6. The maximum Gasteiger partial charge on any atom is 0.425 e. The summed E-state index contributed by atoms with van der Waals surface area (Å²) < 4.78 is 83.1. The molecular weight excluding hydrogens is 498 g/mol. The van der Waals surface area contributed by atoms with Crippen LogP contribution in [-0.2, 0) is 16.5 Å². The van der Waals surface area contributed by atoms with Crippen LogP contribution >= 0.6 is 0 Å². The zero-order valence-electron chi connectivity index (χ0n) is 18.0. The normalized spacial score (nSPS) is 17.5. The fourth-order valence-electron chi connectivity index (χ4n) is 3.80. The van der Waals surface area contributed by atoms with Gasteiger partial charge >= 0.3 is 18.0 Å². The molecule has 14 heteroatoms. The van der Waals surface area contributed by atoms with Gasteiger partial charge in [-0.1, -0.05) is 23.8 Å². The summed E-state index contributed by atoms with van der Waals surface area (Å²) in [7, 11) is 0. The molecule has 0 saturated carbocycles. The van der Waals surface area contributed by atoms with E-state index in [1.165, 1.54) is 29.6 Å². The Bertz CT molecular complexity index is 1510. The number of carbonyl (C=O) groups excluding carboxylic acids is 2. The molecule has 36 heavy (non-hydrogen) atoms. The first kappa shape index (κ1) is 24.8. The van der Waals surface area contributed by atoms with Crippen LogP contribution in [0.4, 0.5) is 32.2 Å². The van der Waals surface area contributed by atoms with Gasteiger partial charge in [-0.2, -0.15) is 26.3 Å². The Kier molecular flexibility index (Phi) is 5.57. The second-order valence-electron chi connectivity index (χ2n) is 7.89. The van der Waals surface area contributed by atoms with Gasteiger partial charge < -0.3 is 10.6 Å². The molecule has 0 unspecified atom stereocenters. The molecule has 1 atom stereocenters. The van der Waals surface area contributed by atoms with E-state index in [0.717, 1.165) is 17.7 Å². The molecule has 2 aromatic carbocycles. The van der Waals surface area contributed by atoms with Crippen molar-refractivity contribution in [1.82, 2.24) is 14.9 Å². The van der Waals surface area contributed by atoms with Crippen molar-refractivity contribution < 1.29 is 35.9 Å². The van der Waals surface area contributed by atoms with Gasteiger partial charge in [0, 0.05) is 5.56 Å². The number of amides is 2. The minimum absolute atomic E-state index is 0.0134. The van der Waals surface area contributed by atoms with Crippen molar-refractivity contribution in [3.8, 4) is 5.69 Å². The summed E-state index contributed by atoms with van der Waals surface area (Å²) in [6, 6.07) is 8.21. The van der Waals surface area contributed by atoms with Gasteiger partial charge in [-0.15, -0.1) is 0 Å². The number of H-pyrrole nitrogens is 1. The minimum Gasteiger partial charge on any atom is -0.326 e. The zero-order chi connectivity index (χ0) is 26.6. The molecule has 4 rings (SSSR count). The van der Waals surface area contributed by atoms with Gasteiger partial charge in [0.25, 0.3) is 22.9 Å². The Morgan fingerprint density at radius 1 is 0.972 bits per heavy atom. The summed E-state index contributed by atoms with van der Waals surface area (Å²) in [4.78, 5) is 52.3. The maximum absolute atomic E-state index is 14.5. The van der Waals surface area contributed by atoms with Gasteiger partial charge in [0.1, 0.15) is 11.4 Å². The van der Waals surface area contributed by atoms with E-state index >= 15 is 0 Å². The molecule has 3 N–H and O–H groups in total. The van der Waals surface area contributed by atoms with Gasteiger partial charge in [-0.25, -0.2) is 9.36 Å². The number of carbonyl (C=O) groups is 2. The minimum atomic E-state index is -5.65. The van der Waals surface area contributed by atoms with E-state index in [1.54, 1.807) is 11.9 Å². The summed E-state index contributed by atoms with van der Waals surface area (Å²) in [5.41, 5.74) is -9.61. The maximum atomic E-state index is 14.5. The van der Waals surface area contributed by atoms with Crippen LogP contribution in [-0.4, -0.2) is 27.5 Å². The number of halogens is 6. The molecule has 2 amide bonds. The van der Waals surface area contributed by atoms with E-state index in [9.17, 15) is 45.5 Å². The number of alkyl halides is 6. The molecule has 0 fully saturated rings. The Balaban J connectivity index is 1.93. The third kappa shape index (κ3) is 3.83. The standard InChI is InChI=1S/C22H14F6N4O4/c1-10-5-7-13(8-6-10)32-15-14(17(34)30-19(32)36)20(18(35)29-15,22(26,27)28)31-16(33)11-3-2-4-12(9-11)21(23,24)25/h2-9H,1H3,(H,29,35)(H,31,33)(H,30,34,36)/t20-/m1/s1. The number of hydrogen-bond donors (Lipinski definition) is 3. The van der Waals surface area contributed by atoms with Crippen molar-refractivity contribution in [2.45, 2.75) is 24.8 Å². The van der Waals surface area contributed by atoms with Crippen molar-refractivity contribution in [2.24, 2.45) is 0 Å². The Labute approximate surface area is 196 Å². The molecule has 0 bridgehead atoms. The highest BCUT2D eigenvalue weighted by atomic mass is 19.4. The lowest BCUT2D eigenvalue weighted by Gasteiger charge is -2.30. The summed E-state index contributed by atoms with van der Waals surface area (Å²) in [5.74, 6) is -4.49. The number of aromatic nitrogens is 2. The van der Waals surface area contributed by atoms with E-state index in [-0.39, 0.29) is 5.69 Å². The molecule has 0 saturated heterocycles. The van der Waals surface area contributed by atoms with Crippen molar-refractivity contribution in [3.63, 3.8) is 0 Å². The highest BCUT2D eigenvalue weighted by Crippen LogP contribution is 2.45. The third-order valence-electron chi connectivity index (χ3n) is 5.53. The number of nitrogens with zero attached hydrogens (tertiary/aromatic N) is 1. The molecule has 0 aliphatic carbocycles. The third-order valence-corrected chi connectivity index (χ3v) is 5.53. The molecule has 1 aliphatic rings. The molecular formula is C22H14F6N4O4. The number of aromatic amines is 1. The first-order chi connectivity index (χ1) is 16.7. The number of anilines is 1. The first-order valence-electron chi connectivity index (χ1n) is 10.0. The molecule has 1 aromatic heterocycles. The van der Waals surface area contributed by atoms with E-state index < -0.39 is 63.5 Å². The Hall–Kier alpha value is -4.36. The average Bonchev–Trinajstić information content (AvgIpc) is 3.07. The number of fused-ring (bicyclic) bond motifs is 1. The van der Waals surface area contributed by atoms with E-state index in [4.69, 9.17) is 0 Å². The quantitative estimate of drug-likeness (QED) is 0.469. The molecule has 3 aromatic rings. The van der Waals surface area contributed by atoms with Crippen molar-refractivity contribution >= 4 is 17.6 Å². The molecule has 1 aliphatic heterocycles. The molecule has 0 radical (unpaired) electrons. The fourth-order valence-corrected chi connectivity index (χ4v) is 3.80. The first-order valence-corrected chi connectivity index (χ1v) is 10.0. The smallest absolute Gasteiger partial charge is 0.326 e. The number of hydrogen-bond acceptors (Lipinski definition) is 4. The molecule has 8 nitrogen and oxygen atoms in total. The van der Waals surface area contributed by atoms with E-state index in [0.29, 0.717) is 16.7 Å². The zero-order valence-corrected chi connectivity index (χ0v) is 18.0. The largest absolute Gasteiger partial charge is 0.425 e. The van der Waals surface area contributed by atoms with Gasteiger partial charge in [0.05, 0.1) is 11.3 Å². The molecule has 0 spiro atoms. The predicted molar refractivity (Wildman–Crippen MR) is 113 cm³/mol. The lowest BCUT2D eigenvalue weighted by atomic mass is 9.91. The number of benzene rings is 2. The SMILES string of the molecule is Cc1ccc(-n2c3c(c(=O)[nH]c2=O)[C@](NC(=O)c2cccc(C(F)(F)F)c2)(C(F)(F)F)C(=O)N3)cc1. The molecule has 188 valence electrons. The van der Waals surface area contributed by atoms with Crippen molar-refractivity contribution in [2.75, 3.05) is 5.32 Å². The summed E-state index contributed by atoms with van der Waals surface area (Å²) >= 11 is 0. The monoisotopic (exact) mass is 512 g/mol. The van der Waals surface area contributed by atoms with Crippen LogP contribution in [0.5, 0.6) is 0 Å². The number of nitrogens with one attached hydrogen (secondary N) is 3. The topological polar surface area (TPSA) is 113 Å². The van der Waals surface area contributed by atoms with Gasteiger partial charge in [-0.05, 0) is 37.3 Å². The second-order valence-corrected chi connectivity index (χ2v) is 7.89. The van der Waals surface area contributed by atoms with Crippen LogP contribution in [0, 0.1) is 6.92 Å². The van der Waals surface area contributed by atoms with Gasteiger partial charge in [0.15, 0.2) is 0 Å². The van der Waals surface area contributed by atoms with Crippen LogP contribution in [0.15, 0.2) is 58.1 Å². The Morgan fingerprint density at radius 2 is 1.61 bits per heavy atom. The highest BCUT2D eigenvalue weighted by molar-refractivity contribution is 6.09. The van der Waals surface area contributed by atoms with Crippen molar-refractivity contribution in [3.05, 3.63) is 91.6 Å². The van der Waals surface area contributed by atoms with Crippen LogP contribution in [0.25, 0.3) is 5.69 Å². The number of rotatable bonds is 3. The average molecular weight is 512 g/mol. The van der Waals surface area contributed by atoms with Gasteiger partial charge in [-0.3, -0.25) is 19.4 Å². The lowest BCUT2D eigenvalue weighted by molar-refractivity contribution is -0.196. The van der Waals surface area contributed by atoms with Crippen LogP contribution < -0.4 is 21.9 Å². The van der Waals surface area contributed by atoms with E-state index in [2.05, 4.69) is 0 Å².